The molecule has 2 amide bonds. The number of hydrogen-bond acceptors (Lipinski definition) is 7. The van der Waals surface area contributed by atoms with Gasteiger partial charge in [0.25, 0.3) is 5.91 Å². The summed E-state index contributed by atoms with van der Waals surface area (Å²) in [6, 6.07) is 3.26. The standard InChI is InChI=1S/C18H24N2O7/c1-20(2)17(22)10-19-16(21)11-27-18(23)7-6-12-8-14(25-4)15(26-5)9-13(12)24-3/h6-9H,10-11H2,1-5H3,(H,19,21)/b7-6+. The molecule has 0 spiro atoms. The van der Waals surface area contributed by atoms with Gasteiger partial charge in [-0.15, -0.1) is 0 Å². The van der Waals surface area contributed by atoms with E-state index in [0.29, 0.717) is 22.8 Å². The molecule has 0 atom stereocenters. The lowest BCUT2D eigenvalue weighted by atomic mass is 10.1. The zero-order valence-electron chi connectivity index (χ0n) is 16.0. The molecule has 0 radical (unpaired) electrons. The molecule has 1 aromatic rings. The molecule has 1 N–H and O–H groups in total. The van der Waals surface area contributed by atoms with Gasteiger partial charge in [-0.1, -0.05) is 0 Å². The molecule has 1 aromatic carbocycles. The van der Waals surface area contributed by atoms with Crippen molar-refractivity contribution in [1.29, 1.82) is 0 Å². The van der Waals surface area contributed by atoms with E-state index in [1.165, 1.54) is 32.3 Å². The van der Waals surface area contributed by atoms with Gasteiger partial charge < -0.3 is 29.2 Å². The van der Waals surface area contributed by atoms with Crippen LogP contribution in [-0.2, 0) is 19.1 Å². The van der Waals surface area contributed by atoms with Gasteiger partial charge in [0.2, 0.25) is 5.91 Å². The number of carbonyl (C=O) groups excluding carboxylic acids is 3. The topological polar surface area (TPSA) is 103 Å². The number of ether oxygens (including phenoxy) is 4. The van der Waals surface area contributed by atoms with Crippen molar-refractivity contribution in [2.24, 2.45) is 0 Å². The van der Waals surface area contributed by atoms with Crippen LogP contribution in [0.3, 0.4) is 0 Å². The zero-order valence-corrected chi connectivity index (χ0v) is 16.0. The van der Waals surface area contributed by atoms with Gasteiger partial charge in [-0.3, -0.25) is 9.59 Å². The third-order valence-corrected chi connectivity index (χ3v) is 3.42. The Bertz CT molecular complexity index is 714. The van der Waals surface area contributed by atoms with Crippen LogP contribution < -0.4 is 19.5 Å². The first-order valence-electron chi connectivity index (χ1n) is 7.94. The van der Waals surface area contributed by atoms with Crippen LogP contribution in [0.4, 0.5) is 0 Å². The number of rotatable bonds is 9. The van der Waals surface area contributed by atoms with Crippen molar-refractivity contribution in [2.45, 2.75) is 0 Å². The molecule has 0 aliphatic heterocycles. The SMILES string of the molecule is COc1cc(OC)c(OC)cc1/C=C/C(=O)OCC(=O)NCC(=O)N(C)C. The number of nitrogens with zero attached hydrogens (tertiary/aromatic N) is 1. The van der Waals surface area contributed by atoms with Gasteiger partial charge in [-0.05, 0) is 12.1 Å². The van der Waals surface area contributed by atoms with Gasteiger partial charge in [-0.25, -0.2) is 4.79 Å². The first-order chi connectivity index (χ1) is 12.8. The molecule has 0 fully saturated rings. The molecule has 0 unspecified atom stereocenters. The van der Waals surface area contributed by atoms with Gasteiger partial charge in [0.05, 0.1) is 27.9 Å². The largest absolute Gasteiger partial charge is 0.496 e. The molecule has 148 valence electrons. The third-order valence-electron chi connectivity index (χ3n) is 3.42. The number of methoxy groups -OCH3 is 3. The molecule has 0 aliphatic carbocycles. The summed E-state index contributed by atoms with van der Waals surface area (Å²) in [5.41, 5.74) is 0.563. The number of nitrogens with one attached hydrogen (secondary N) is 1. The highest BCUT2D eigenvalue weighted by molar-refractivity contribution is 5.90. The quantitative estimate of drug-likeness (QED) is 0.491. The van der Waals surface area contributed by atoms with Crippen LogP contribution in [0.15, 0.2) is 18.2 Å². The summed E-state index contributed by atoms with van der Waals surface area (Å²) in [6.07, 6.45) is 2.62. The van der Waals surface area contributed by atoms with E-state index in [0.717, 1.165) is 6.08 Å². The molecule has 1 rings (SSSR count). The van der Waals surface area contributed by atoms with E-state index in [1.807, 2.05) is 0 Å². The number of amides is 2. The Morgan fingerprint density at radius 3 is 2.15 bits per heavy atom. The highest BCUT2D eigenvalue weighted by atomic mass is 16.5. The van der Waals surface area contributed by atoms with Crippen molar-refractivity contribution in [1.82, 2.24) is 10.2 Å². The fourth-order valence-electron chi connectivity index (χ4n) is 1.91. The van der Waals surface area contributed by atoms with Gasteiger partial charge in [0, 0.05) is 31.8 Å². The molecular formula is C18H24N2O7. The van der Waals surface area contributed by atoms with Crippen molar-refractivity contribution in [3.8, 4) is 17.2 Å². The van der Waals surface area contributed by atoms with Crippen molar-refractivity contribution in [2.75, 3.05) is 48.6 Å². The van der Waals surface area contributed by atoms with Gasteiger partial charge in [0.1, 0.15) is 5.75 Å². The fourth-order valence-corrected chi connectivity index (χ4v) is 1.91. The maximum Gasteiger partial charge on any atom is 0.331 e. The van der Waals surface area contributed by atoms with Gasteiger partial charge >= 0.3 is 5.97 Å². The summed E-state index contributed by atoms with van der Waals surface area (Å²) in [4.78, 5) is 36.1. The number of benzene rings is 1. The monoisotopic (exact) mass is 380 g/mol. The highest BCUT2D eigenvalue weighted by Crippen LogP contribution is 2.35. The molecule has 0 bridgehead atoms. The molecule has 27 heavy (non-hydrogen) atoms. The second-order valence-electron chi connectivity index (χ2n) is 5.46. The summed E-state index contributed by atoms with van der Waals surface area (Å²) < 4.78 is 20.5. The van der Waals surface area contributed by atoms with Crippen LogP contribution in [0.5, 0.6) is 17.2 Å². The molecule has 0 saturated carbocycles. The predicted molar refractivity (Wildman–Crippen MR) is 97.8 cm³/mol. The molecule has 0 saturated heterocycles. The maximum absolute atomic E-state index is 11.8. The van der Waals surface area contributed by atoms with E-state index in [2.05, 4.69) is 5.32 Å². The van der Waals surface area contributed by atoms with E-state index in [9.17, 15) is 14.4 Å². The van der Waals surface area contributed by atoms with E-state index in [1.54, 1.807) is 26.2 Å². The van der Waals surface area contributed by atoms with Crippen LogP contribution in [0, 0.1) is 0 Å². The molecule has 0 heterocycles. The average Bonchev–Trinajstić information content (AvgIpc) is 2.67. The molecule has 9 heteroatoms. The van der Waals surface area contributed by atoms with E-state index >= 15 is 0 Å². The van der Waals surface area contributed by atoms with E-state index in [-0.39, 0.29) is 12.5 Å². The summed E-state index contributed by atoms with van der Waals surface area (Å²) in [7, 11) is 7.62. The van der Waals surface area contributed by atoms with Gasteiger partial charge in [0.15, 0.2) is 18.1 Å². The van der Waals surface area contributed by atoms with Crippen LogP contribution in [0.25, 0.3) is 6.08 Å². The Morgan fingerprint density at radius 1 is 1.00 bits per heavy atom. The Hall–Kier alpha value is -3.23. The molecular weight excluding hydrogens is 356 g/mol. The zero-order chi connectivity index (χ0) is 20.4. The molecule has 0 aliphatic rings. The maximum atomic E-state index is 11.8. The first-order valence-corrected chi connectivity index (χ1v) is 7.94. The second kappa shape index (κ2) is 10.7. The van der Waals surface area contributed by atoms with Crippen molar-refractivity contribution >= 4 is 23.9 Å². The summed E-state index contributed by atoms with van der Waals surface area (Å²) in [6.45, 7) is -0.658. The minimum Gasteiger partial charge on any atom is -0.496 e. The van der Waals surface area contributed by atoms with E-state index in [4.69, 9.17) is 18.9 Å². The number of hydrogen-bond donors (Lipinski definition) is 1. The smallest absolute Gasteiger partial charge is 0.331 e. The van der Waals surface area contributed by atoms with Crippen molar-refractivity contribution in [3.05, 3.63) is 23.8 Å². The second-order valence-corrected chi connectivity index (χ2v) is 5.46. The Morgan fingerprint density at radius 2 is 1.59 bits per heavy atom. The number of likely N-dealkylation sites (N-methyl/N-ethyl adjacent to an activating group) is 1. The lowest BCUT2D eigenvalue weighted by molar-refractivity contribution is -0.144. The van der Waals surface area contributed by atoms with Crippen molar-refractivity contribution < 1.29 is 33.3 Å². The minimum atomic E-state index is -0.721. The minimum absolute atomic E-state index is 0.165. The normalized spacial score (nSPS) is 10.3. The third kappa shape index (κ3) is 6.89. The summed E-state index contributed by atoms with van der Waals surface area (Å²) in [5, 5.41) is 2.36. The Balaban J connectivity index is 2.65. The van der Waals surface area contributed by atoms with Crippen LogP contribution in [-0.4, -0.2) is 71.3 Å². The van der Waals surface area contributed by atoms with Crippen LogP contribution >= 0.6 is 0 Å². The average molecular weight is 380 g/mol. The lowest BCUT2D eigenvalue weighted by Crippen LogP contribution is -2.38. The Labute approximate surface area is 157 Å². The van der Waals surface area contributed by atoms with E-state index < -0.39 is 18.5 Å². The van der Waals surface area contributed by atoms with Crippen LogP contribution in [0.1, 0.15) is 5.56 Å². The highest BCUT2D eigenvalue weighted by Gasteiger charge is 2.11. The van der Waals surface area contributed by atoms with Crippen molar-refractivity contribution in [3.63, 3.8) is 0 Å². The molecule has 0 aromatic heterocycles. The lowest BCUT2D eigenvalue weighted by Gasteiger charge is -2.12. The predicted octanol–water partition coefficient (Wildman–Crippen LogP) is 0.473. The summed E-state index contributed by atoms with van der Waals surface area (Å²) in [5.74, 6) is -0.141. The summed E-state index contributed by atoms with van der Waals surface area (Å²) >= 11 is 0. The number of esters is 1. The fraction of sp³-hybridized carbons (Fsp3) is 0.389. The van der Waals surface area contributed by atoms with Crippen LogP contribution in [0.2, 0.25) is 0 Å². The van der Waals surface area contributed by atoms with Gasteiger partial charge in [-0.2, -0.15) is 0 Å². The Kier molecular flexibility index (Phi) is 8.64. The molecule has 9 nitrogen and oxygen atoms in total. The first kappa shape index (κ1) is 21.8. The number of carbonyl (C=O) groups is 3.